The monoisotopic (exact) mass is 169 g/mol. The minimum absolute atomic E-state index is 0.184. The number of hydrogen-bond acceptors (Lipinski definition) is 3. The minimum atomic E-state index is -0.862. The lowest BCUT2D eigenvalue weighted by Gasteiger charge is -2.07. The van der Waals surface area contributed by atoms with E-state index in [4.69, 9.17) is 15.6 Å². The van der Waals surface area contributed by atoms with Crippen LogP contribution in [0.2, 0.25) is 13.6 Å². The first-order valence-electron chi connectivity index (χ1n) is 4.33. The summed E-state index contributed by atoms with van der Waals surface area (Å²) in [5, 5.41) is 8.98. The van der Waals surface area contributed by atoms with E-state index in [1.165, 1.54) is 0 Å². The molecule has 4 heteroatoms. The Morgan fingerprint density at radius 1 is 1.67 bits per heavy atom. The Balaban J connectivity index is 2.62. The van der Waals surface area contributed by atoms with Gasteiger partial charge in [0.15, 0.2) is 6.71 Å². The van der Waals surface area contributed by atoms with Gasteiger partial charge in [0.2, 0.25) is 0 Å². The molecule has 0 aromatic heterocycles. The van der Waals surface area contributed by atoms with Gasteiger partial charge in [0.05, 0.1) is 12.2 Å². The Morgan fingerprint density at radius 3 is 2.42 bits per heavy atom. The van der Waals surface area contributed by atoms with E-state index in [0.29, 0.717) is 6.71 Å². The molecule has 1 rings (SSSR count). The van der Waals surface area contributed by atoms with Crippen molar-refractivity contribution in [3.8, 4) is 0 Å². The van der Waals surface area contributed by atoms with E-state index >= 15 is 0 Å². The van der Waals surface area contributed by atoms with E-state index in [0.717, 1.165) is 5.47 Å². The highest BCUT2D eigenvalue weighted by Crippen LogP contribution is 2.30. The molecule has 0 spiro atoms. The van der Waals surface area contributed by atoms with Crippen molar-refractivity contribution in [2.24, 2.45) is 5.73 Å². The maximum Gasteiger partial charge on any atom is 0.167 e. The molecular formula is C8H16BNO2. The topological polar surface area (TPSA) is 58.8 Å². The van der Waals surface area contributed by atoms with Crippen molar-refractivity contribution in [1.29, 1.82) is 0 Å². The second-order valence-electron chi connectivity index (χ2n) is 3.57. The first-order chi connectivity index (χ1) is 5.52. The highest BCUT2D eigenvalue weighted by molar-refractivity contribution is 6.64. The highest BCUT2D eigenvalue weighted by Gasteiger charge is 2.38. The molecule has 1 aliphatic rings. The average molecular weight is 169 g/mol. The van der Waals surface area contributed by atoms with Crippen molar-refractivity contribution in [1.82, 2.24) is 0 Å². The molecule has 3 N–H and O–H groups in total. The van der Waals surface area contributed by atoms with Crippen molar-refractivity contribution < 1.29 is 9.84 Å². The largest absolute Gasteiger partial charge is 0.375 e. The lowest BCUT2D eigenvalue weighted by atomic mass is 9.47. The third-order valence-electron chi connectivity index (χ3n) is 2.07. The standard InChI is InChI=1S/C8H16BNO2/c1-5-8(12-5)6(9(2)3)4-7(10)11/h4-5,7-8,11H,10H2,1-3H3/b6-4+. The lowest BCUT2D eigenvalue weighted by molar-refractivity contribution is 0.230. The third kappa shape index (κ3) is 2.34. The van der Waals surface area contributed by atoms with Gasteiger partial charge in [0, 0.05) is 0 Å². The Labute approximate surface area is 73.7 Å². The maximum absolute atomic E-state index is 8.98. The second kappa shape index (κ2) is 3.60. The quantitative estimate of drug-likeness (QED) is 0.362. The van der Waals surface area contributed by atoms with Crippen LogP contribution in [-0.2, 0) is 4.74 Å². The predicted octanol–water partition coefficient (Wildman–Crippen LogP) is 0.271. The number of ether oxygens (including phenoxy) is 1. The molecule has 0 radical (unpaired) electrons. The molecule has 0 aromatic carbocycles. The molecule has 1 aliphatic heterocycles. The van der Waals surface area contributed by atoms with Crippen molar-refractivity contribution in [2.45, 2.75) is 39.0 Å². The van der Waals surface area contributed by atoms with Crippen LogP contribution < -0.4 is 5.73 Å². The van der Waals surface area contributed by atoms with Gasteiger partial charge in [-0.25, -0.2) is 0 Å². The lowest BCUT2D eigenvalue weighted by Crippen LogP contribution is -2.21. The molecule has 0 saturated carbocycles. The zero-order valence-corrected chi connectivity index (χ0v) is 7.82. The van der Waals surface area contributed by atoms with Crippen LogP contribution in [-0.4, -0.2) is 30.3 Å². The summed E-state index contributed by atoms with van der Waals surface area (Å²) >= 11 is 0. The number of rotatable bonds is 3. The van der Waals surface area contributed by atoms with Crippen molar-refractivity contribution in [3.63, 3.8) is 0 Å². The van der Waals surface area contributed by atoms with E-state index in [9.17, 15) is 0 Å². The number of nitrogens with two attached hydrogens (primary N) is 1. The van der Waals surface area contributed by atoms with Crippen LogP contribution >= 0.6 is 0 Å². The van der Waals surface area contributed by atoms with Crippen LogP contribution in [0, 0.1) is 0 Å². The van der Waals surface area contributed by atoms with Crippen molar-refractivity contribution >= 4 is 6.71 Å². The molecule has 12 heavy (non-hydrogen) atoms. The Kier molecular flexibility index (Phi) is 2.93. The normalized spacial score (nSPS) is 31.6. The number of aliphatic hydroxyl groups is 1. The molecule has 68 valence electrons. The van der Waals surface area contributed by atoms with E-state index in [2.05, 4.69) is 13.6 Å². The Bertz CT molecular complexity index is 191. The van der Waals surface area contributed by atoms with Crippen LogP contribution in [0.4, 0.5) is 0 Å². The molecule has 0 amide bonds. The van der Waals surface area contributed by atoms with E-state index in [-0.39, 0.29) is 12.2 Å². The molecule has 0 bridgehead atoms. The molecule has 1 heterocycles. The molecule has 3 nitrogen and oxygen atoms in total. The molecule has 1 fully saturated rings. The van der Waals surface area contributed by atoms with Gasteiger partial charge >= 0.3 is 0 Å². The van der Waals surface area contributed by atoms with Crippen LogP contribution in [0.25, 0.3) is 0 Å². The van der Waals surface area contributed by atoms with Gasteiger partial charge in [-0.15, -0.1) is 0 Å². The van der Waals surface area contributed by atoms with E-state index < -0.39 is 6.23 Å². The van der Waals surface area contributed by atoms with E-state index in [1.807, 2.05) is 6.92 Å². The summed E-state index contributed by atoms with van der Waals surface area (Å²) in [6, 6.07) is 0. The summed E-state index contributed by atoms with van der Waals surface area (Å²) in [7, 11) is 0. The zero-order valence-electron chi connectivity index (χ0n) is 7.82. The van der Waals surface area contributed by atoms with E-state index in [1.54, 1.807) is 6.08 Å². The van der Waals surface area contributed by atoms with Crippen LogP contribution in [0.15, 0.2) is 11.5 Å². The van der Waals surface area contributed by atoms with Gasteiger partial charge in [-0.2, -0.15) is 0 Å². The molecule has 3 atom stereocenters. The number of hydrogen-bond donors (Lipinski definition) is 2. The van der Waals surface area contributed by atoms with Crippen LogP contribution in [0.1, 0.15) is 6.92 Å². The van der Waals surface area contributed by atoms with Crippen LogP contribution in [0.5, 0.6) is 0 Å². The number of aliphatic hydroxyl groups excluding tert-OH is 1. The third-order valence-corrected chi connectivity index (χ3v) is 2.07. The molecular weight excluding hydrogens is 153 g/mol. The Morgan fingerprint density at radius 2 is 2.17 bits per heavy atom. The summed E-state index contributed by atoms with van der Waals surface area (Å²) in [5.74, 6) is 0. The average Bonchev–Trinajstić information content (AvgIpc) is 2.61. The van der Waals surface area contributed by atoms with Crippen LogP contribution in [0.3, 0.4) is 0 Å². The molecule has 0 aliphatic carbocycles. The molecule has 3 unspecified atom stereocenters. The summed E-state index contributed by atoms with van der Waals surface area (Å²) in [6.07, 6.45) is 1.29. The van der Waals surface area contributed by atoms with Crippen molar-refractivity contribution in [3.05, 3.63) is 11.5 Å². The van der Waals surface area contributed by atoms with Gasteiger partial charge in [-0.3, -0.25) is 0 Å². The van der Waals surface area contributed by atoms with Gasteiger partial charge in [-0.05, 0) is 13.0 Å². The first kappa shape index (κ1) is 9.77. The zero-order chi connectivity index (χ0) is 9.30. The smallest absolute Gasteiger partial charge is 0.167 e. The fourth-order valence-electron chi connectivity index (χ4n) is 1.35. The van der Waals surface area contributed by atoms with Gasteiger partial charge in [-0.1, -0.05) is 19.1 Å². The second-order valence-corrected chi connectivity index (χ2v) is 3.57. The fraction of sp³-hybridized carbons (Fsp3) is 0.750. The Hall–Kier alpha value is -0.315. The first-order valence-corrected chi connectivity index (χ1v) is 4.33. The fourth-order valence-corrected chi connectivity index (χ4v) is 1.35. The molecule has 1 saturated heterocycles. The summed E-state index contributed by atoms with van der Waals surface area (Å²) in [5.41, 5.74) is 6.37. The van der Waals surface area contributed by atoms with Crippen molar-refractivity contribution in [2.75, 3.05) is 0 Å². The van der Waals surface area contributed by atoms with Gasteiger partial charge in [0.25, 0.3) is 0 Å². The summed E-state index contributed by atoms with van der Waals surface area (Å²) < 4.78 is 5.31. The summed E-state index contributed by atoms with van der Waals surface area (Å²) in [6.45, 7) is 6.55. The minimum Gasteiger partial charge on any atom is -0.375 e. The SMILES string of the molecule is CB(C)/C(=C/C(N)O)C1OC1C. The van der Waals surface area contributed by atoms with Gasteiger partial charge < -0.3 is 15.6 Å². The number of epoxide rings is 1. The molecule has 0 aromatic rings. The maximum atomic E-state index is 8.98. The predicted molar refractivity (Wildman–Crippen MR) is 50.1 cm³/mol. The highest BCUT2D eigenvalue weighted by atomic mass is 16.6. The summed E-state index contributed by atoms with van der Waals surface area (Å²) in [4.78, 5) is 0. The van der Waals surface area contributed by atoms with Gasteiger partial charge in [0.1, 0.15) is 6.23 Å².